The quantitative estimate of drug-likeness (QED) is 0.811. The summed E-state index contributed by atoms with van der Waals surface area (Å²) in [5.41, 5.74) is 0. The second-order valence-corrected chi connectivity index (χ2v) is 6.31. The van der Waals surface area contributed by atoms with Crippen LogP contribution in [0.4, 0.5) is 0 Å². The van der Waals surface area contributed by atoms with E-state index in [9.17, 15) is 4.79 Å². The van der Waals surface area contributed by atoms with Gasteiger partial charge in [-0.15, -0.1) is 11.3 Å². The van der Waals surface area contributed by atoms with Gasteiger partial charge in [-0.1, -0.05) is 19.4 Å². The second kappa shape index (κ2) is 7.76. The molecule has 2 rings (SSSR count). The number of hydrogen-bond acceptors (Lipinski definition) is 4. The zero-order valence-electron chi connectivity index (χ0n) is 11.9. The highest BCUT2D eigenvalue weighted by atomic mass is 32.1. The molecule has 0 radical (unpaired) electrons. The van der Waals surface area contributed by atoms with Crippen molar-refractivity contribution in [3.8, 4) is 0 Å². The number of rotatable bonds is 7. The minimum atomic E-state index is -0.756. The summed E-state index contributed by atoms with van der Waals surface area (Å²) in [5.74, 6) is -0.756. The van der Waals surface area contributed by atoms with Crippen LogP contribution >= 0.6 is 11.3 Å². The van der Waals surface area contributed by atoms with E-state index in [4.69, 9.17) is 9.84 Å². The Hall–Kier alpha value is -0.910. The van der Waals surface area contributed by atoms with Crippen molar-refractivity contribution < 1.29 is 14.6 Å². The molecule has 4 nitrogen and oxygen atoms in total. The van der Waals surface area contributed by atoms with Crippen molar-refractivity contribution in [1.29, 1.82) is 0 Å². The van der Waals surface area contributed by atoms with E-state index < -0.39 is 5.97 Å². The third kappa shape index (κ3) is 4.58. The Bertz CT molecular complexity index is 405. The van der Waals surface area contributed by atoms with Gasteiger partial charge in [0.15, 0.2) is 0 Å². The second-order valence-electron chi connectivity index (χ2n) is 5.34. The molecule has 0 spiro atoms. The number of carboxylic acid groups (broad SMARTS) is 1. The summed E-state index contributed by atoms with van der Waals surface area (Å²) in [6.45, 7) is 2.94. The van der Waals surface area contributed by atoms with Crippen molar-refractivity contribution in [2.45, 2.75) is 57.2 Å². The van der Waals surface area contributed by atoms with Crippen LogP contribution in [0.1, 0.15) is 49.9 Å². The van der Waals surface area contributed by atoms with Crippen molar-refractivity contribution in [1.82, 2.24) is 5.32 Å². The van der Waals surface area contributed by atoms with Gasteiger partial charge in [-0.05, 0) is 30.7 Å². The summed E-state index contributed by atoms with van der Waals surface area (Å²) in [5, 5.41) is 14.6. The average molecular weight is 297 g/mol. The van der Waals surface area contributed by atoms with Gasteiger partial charge in [-0.3, -0.25) is 4.79 Å². The fourth-order valence-corrected chi connectivity index (χ4v) is 3.53. The number of aliphatic carboxylic acids is 1. The maximum atomic E-state index is 11.1. The zero-order valence-corrected chi connectivity index (χ0v) is 12.7. The number of hydrogen-bond donors (Lipinski definition) is 2. The number of ether oxygens (including phenoxy) is 1. The van der Waals surface area contributed by atoms with Gasteiger partial charge in [0, 0.05) is 17.5 Å². The first-order valence-corrected chi connectivity index (χ1v) is 8.19. The van der Waals surface area contributed by atoms with Gasteiger partial charge < -0.3 is 15.2 Å². The molecular formula is C15H23NO3S. The molecule has 5 heteroatoms. The molecular weight excluding hydrogens is 274 g/mol. The Morgan fingerprint density at radius 2 is 2.50 bits per heavy atom. The van der Waals surface area contributed by atoms with E-state index >= 15 is 0 Å². The van der Waals surface area contributed by atoms with Crippen LogP contribution in [-0.4, -0.2) is 29.8 Å². The molecule has 1 fully saturated rings. The average Bonchev–Trinajstić information content (AvgIpc) is 2.92. The Kier molecular flexibility index (Phi) is 6.01. The Morgan fingerprint density at radius 1 is 1.65 bits per heavy atom. The summed E-state index contributed by atoms with van der Waals surface area (Å²) in [4.78, 5) is 12.2. The number of nitrogens with one attached hydrogen (secondary N) is 1. The lowest BCUT2D eigenvalue weighted by Crippen LogP contribution is -2.41. The maximum absolute atomic E-state index is 11.1. The predicted octanol–water partition coefficient (Wildman–Crippen LogP) is 3.20. The summed E-state index contributed by atoms with van der Waals surface area (Å²) in [7, 11) is 0. The normalized spacial score (nSPS) is 24.4. The molecule has 3 atom stereocenters. The minimum absolute atomic E-state index is 0.0853. The molecule has 112 valence electrons. The van der Waals surface area contributed by atoms with Gasteiger partial charge in [0.1, 0.15) is 0 Å². The first kappa shape index (κ1) is 15.5. The Morgan fingerprint density at radius 3 is 3.15 bits per heavy atom. The summed E-state index contributed by atoms with van der Waals surface area (Å²) >= 11 is 1.62. The monoisotopic (exact) mass is 297 g/mol. The third-order valence-corrected chi connectivity index (χ3v) is 4.67. The van der Waals surface area contributed by atoms with Crippen LogP contribution in [0, 0.1) is 0 Å². The molecule has 0 amide bonds. The van der Waals surface area contributed by atoms with Crippen molar-refractivity contribution in [2.24, 2.45) is 0 Å². The van der Waals surface area contributed by atoms with Crippen LogP contribution in [0.15, 0.2) is 17.5 Å². The van der Waals surface area contributed by atoms with Gasteiger partial charge in [-0.2, -0.15) is 0 Å². The minimum Gasteiger partial charge on any atom is -0.481 e. The lowest BCUT2D eigenvalue weighted by molar-refractivity contribution is -0.137. The molecule has 2 N–H and O–H groups in total. The molecule has 3 unspecified atom stereocenters. The lowest BCUT2D eigenvalue weighted by Gasteiger charge is -2.32. The van der Waals surface area contributed by atoms with Gasteiger partial charge in [0.05, 0.1) is 18.6 Å². The van der Waals surface area contributed by atoms with E-state index in [1.54, 1.807) is 11.3 Å². The lowest BCUT2D eigenvalue weighted by atomic mass is 9.98. The number of carboxylic acids is 1. The van der Waals surface area contributed by atoms with Crippen molar-refractivity contribution in [3.63, 3.8) is 0 Å². The summed E-state index contributed by atoms with van der Waals surface area (Å²) in [6.07, 6.45) is 4.61. The third-order valence-electron chi connectivity index (χ3n) is 3.68. The molecule has 1 aromatic heterocycles. The van der Waals surface area contributed by atoms with Crippen molar-refractivity contribution in [3.05, 3.63) is 22.4 Å². The first-order chi connectivity index (χ1) is 9.69. The van der Waals surface area contributed by atoms with Gasteiger partial charge in [-0.25, -0.2) is 0 Å². The van der Waals surface area contributed by atoms with Gasteiger partial charge in [0.2, 0.25) is 0 Å². The molecule has 1 aliphatic heterocycles. The number of thiophene rings is 1. The van der Waals surface area contributed by atoms with E-state index in [0.29, 0.717) is 12.1 Å². The molecule has 0 bridgehead atoms. The van der Waals surface area contributed by atoms with Gasteiger partial charge >= 0.3 is 5.97 Å². The van der Waals surface area contributed by atoms with Crippen LogP contribution in [0.25, 0.3) is 0 Å². The molecule has 1 saturated heterocycles. The molecule has 1 aromatic rings. The Balaban J connectivity index is 1.95. The summed E-state index contributed by atoms with van der Waals surface area (Å²) in [6, 6.07) is 4.25. The first-order valence-electron chi connectivity index (χ1n) is 7.32. The molecule has 0 aromatic carbocycles. The van der Waals surface area contributed by atoms with Crippen LogP contribution in [0.3, 0.4) is 0 Å². The fourth-order valence-electron chi connectivity index (χ4n) is 2.75. The highest BCUT2D eigenvalue weighted by Crippen LogP contribution is 2.26. The molecule has 20 heavy (non-hydrogen) atoms. The van der Waals surface area contributed by atoms with E-state index in [1.165, 1.54) is 0 Å². The van der Waals surface area contributed by atoms with Crippen LogP contribution < -0.4 is 5.32 Å². The SMILES string of the molecule is CCCC1CC(NC(CC(=O)O)c2cccs2)CCO1. The Labute approximate surface area is 124 Å². The van der Waals surface area contributed by atoms with Crippen LogP contribution in [0.2, 0.25) is 0 Å². The standard InChI is InChI=1S/C15H23NO3S/c1-2-4-12-9-11(6-7-19-12)16-13(10-15(17)18)14-5-3-8-20-14/h3,5,8,11-13,16H,2,4,6-7,9-10H2,1H3,(H,17,18). The van der Waals surface area contributed by atoms with Crippen molar-refractivity contribution in [2.75, 3.05) is 6.61 Å². The van der Waals surface area contributed by atoms with E-state index in [2.05, 4.69) is 12.2 Å². The van der Waals surface area contributed by atoms with Gasteiger partial charge in [0.25, 0.3) is 0 Å². The molecule has 1 aliphatic rings. The highest BCUT2D eigenvalue weighted by molar-refractivity contribution is 7.10. The molecule has 2 heterocycles. The number of carbonyl (C=O) groups is 1. The van der Waals surface area contributed by atoms with E-state index in [-0.39, 0.29) is 12.5 Å². The highest BCUT2D eigenvalue weighted by Gasteiger charge is 2.26. The topological polar surface area (TPSA) is 58.6 Å². The smallest absolute Gasteiger partial charge is 0.305 e. The van der Waals surface area contributed by atoms with Crippen LogP contribution in [0.5, 0.6) is 0 Å². The maximum Gasteiger partial charge on any atom is 0.305 e. The zero-order chi connectivity index (χ0) is 14.4. The van der Waals surface area contributed by atoms with E-state index in [1.807, 2.05) is 17.5 Å². The molecule has 0 saturated carbocycles. The van der Waals surface area contributed by atoms with Crippen LogP contribution in [-0.2, 0) is 9.53 Å². The molecule has 0 aliphatic carbocycles. The summed E-state index contributed by atoms with van der Waals surface area (Å²) < 4.78 is 5.75. The van der Waals surface area contributed by atoms with E-state index in [0.717, 1.165) is 37.2 Å². The van der Waals surface area contributed by atoms with Crippen molar-refractivity contribution >= 4 is 17.3 Å². The predicted molar refractivity (Wildman–Crippen MR) is 80.1 cm³/mol. The fraction of sp³-hybridized carbons (Fsp3) is 0.667. The largest absolute Gasteiger partial charge is 0.481 e.